The molecule has 0 N–H and O–H groups in total. The lowest BCUT2D eigenvalue weighted by Gasteiger charge is -2.35. The van der Waals surface area contributed by atoms with E-state index < -0.39 is 0 Å². The Morgan fingerprint density at radius 1 is 1.06 bits per heavy atom. The molecule has 1 fully saturated rings. The number of hydrogen-bond acceptors (Lipinski definition) is 4. The van der Waals surface area contributed by atoms with Crippen LogP contribution in [-0.2, 0) is 11.8 Å². The quantitative estimate of drug-likeness (QED) is 0.576. The van der Waals surface area contributed by atoms with Crippen molar-refractivity contribution in [2.24, 2.45) is 7.05 Å². The van der Waals surface area contributed by atoms with Crippen LogP contribution < -0.4 is 0 Å². The van der Waals surface area contributed by atoms with Gasteiger partial charge in [-0.2, -0.15) is 5.10 Å². The molecule has 0 bridgehead atoms. The summed E-state index contributed by atoms with van der Waals surface area (Å²) in [6.45, 7) is 3.09. The van der Waals surface area contributed by atoms with Crippen molar-refractivity contribution in [3.8, 4) is 11.3 Å². The standard InChI is InChI=1S/C24H25FN4O2/c1-27-23(15-22(26-27)19-5-3-2-4-6-19)24(31)29-13-11-28(12-14-29)16-20(17-30)18-7-9-21(25)10-8-18/h2-10,15,17,20H,11-14,16H2,1H3. The third-order valence-electron chi connectivity index (χ3n) is 5.75. The average molecular weight is 420 g/mol. The molecule has 160 valence electrons. The van der Waals surface area contributed by atoms with E-state index in [2.05, 4.69) is 10.00 Å². The van der Waals surface area contributed by atoms with Gasteiger partial charge in [-0.1, -0.05) is 42.5 Å². The number of aryl methyl sites for hydroxylation is 1. The van der Waals surface area contributed by atoms with Gasteiger partial charge in [0, 0.05) is 45.3 Å². The molecule has 1 aliphatic rings. The van der Waals surface area contributed by atoms with Crippen LogP contribution in [0.5, 0.6) is 0 Å². The van der Waals surface area contributed by atoms with Crippen LogP contribution in [0.15, 0.2) is 60.7 Å². The molecule has 2 heterocycles. The van der Waals surface area contributed by atoms with Gasteiger partial charge in [0.05, 0.1) is 11.6 Å². The molecule has 6 nitrogen and oxygen atoms in total. The van der Waals surface area contributed by atoms with E-state index in [-0.39, 0.29) is 17.6 Å². The maximum Gasteiger partial charge on any atom is 0.272 e. The van der Waals surface area contributed by atoms with Crippen molar-refractivity contribution in [3.05, 3.63) is 77.7 Å². The number of nitrogens with zero attached hydrogens (tertiary/aromatic N) is 4. The monoisotopic (exact) mass is 420 g/mol. The Balaban J connectivity index is 1.37. The Labute approximate surface area is 180 Å². The minimum Gasteiger partial charge on any atom is -0.335 e. The SMILES string of the molecule is Cn1nc(-c2ccccc2)cc1C(=O)N1CCN(CC(C=O)c2ccc(F)cc2)CC1. The average Bonchev–Trinajstić information content (AvgIpc) is 3.20. The summed E-state index contributed by atoms with van der Waals surface area (Å²) < 4.78 is 14.8. The van der Waals surface area contributed by atoms with Gasteiger partial charge < -0.3 is 9.69 Å². The molecule has 3 aromatic rings. The van der Waals surface area contributed by atoms with Gasteiger partial charge in [0.2, 0.25) is 0 Å². The summed E-state index contributed by atoms with van der Waals surface area (Å²) in [6.07, 6.45) is 0.908. The van der Waals surface area contributed by atoms with Crippen molar-refractivity contribution in [2.45, 2.75) is 5.92 Å². The molecule has 0 aliphatic carbocycles. The van der Waals surface area contributed by atoms with Crippen LogP contribution in [0, 0.1) is 5.82 Å². The first-order valence-electron chi connectivity index (χ1n) is 10.4. The Kier molecular flexibility index (Phi) is 6.23. The van der Waals surface area contributed by atoms with E-state index in [9.17, 15) is 14.0 Å². The van der Waals surface area contributed by atoms with E-state index in [0.29, 0.717) is 38.4 Å². The second-order valence-electron chi connectivity index (χ2n) is 7.79. The van der Waals surface area contributed by atoms with Crippen molar-refractivity contribution in [1.29, 1.82) is 0 Å². The van der Waals surface area contributed by atoms with Crippen molar-refractivity contribution >= 4 is 12.2 Å². The first kappa shape index (κ1) is 20.9. The first-order valence-corrected chi connectivity index (χ1v) is 10.4. The van der Waals surface area contributed by atoms with Gasteiger partial charge in [-0.15, -0.1) is 0 Å². The Bertz CT molecular complexity index is 1040. The molecule has 7 heteroatoms. The lowest BCUT2D eigenvalue weighted by Crippen LogP contribution is -2.50. The minimum atomic E-state index is -0.314. The van der Waals surface area contributed by atoms with Crippen molar-refractivity contribution in [1.82, 2.24) is 19.6 Å². The van der Waals surface area contributed by atoms with Gasteiger partial charge in [0.25, 0.3) is 5.91 Å². The summed E-state index contributed by atoms with van der Waals surface area (Å²) >= 11 is 0. The molecule has 0 saturated carbocycles. The molecule has 1 aliphatic heterocycles. The topological polar surface area (TPSA) is 58.4 Å². The zero-order valence-corrected chi connectivity index (χ0v) is 17.4. The molecule has 4 rings (SSSR count). The van der Waals surface area contributed by atoms with Crippen LogP contribution in [0.3, 0.4) is 0 Å². The molecule has 1 amide bonds. The van der Waals surface area contributed by atoms with E-state index in [0.717, 1.165) is 23.1 Å². The number of carbonyl (C=O) groups excluding carboxylic acids is 2. The van der Waals surface area contributed by atoms with Crippen LogP contribution in [0.4, 0.5) is 4.39 Å². The molecule has 2 aromatic carbocycles. The maximum atomic E-state index is 13.2. The van der Waals surface area contributed by atoms with Gasteiger partial charge in [-0.05, 0) is 23.8 Å². The molecule has 1 unspecified atom stereocenters. The highest BCUT2D eigenvalue weighted by Crippen LogP contribution is 2.21. The molecular formula is C24H25FN4O2. The number of piperazine rings is 1. The van der Waals surface area contributed by atoms with Crippen LogP contribution >= 0.6 is 0 Å². The highest BCUT2D eigenvalue weighted by molar-refractivity contribution is 5.93. The maximum absolute atomic E-state index is 13.2. The van der Waals surface area contributed by atoms with Crippen molar-refractivity contribution in [2.75, 3.05) is 32.7 Å². The number of aromatic nitrogens is 2. The van der Waals surface area contributed by atoms with Crippen LogP contribution in [-0.4, -0.2) is 64.5 Å². The van der Waals surface area contributed by atoms with Crippen LogP contribution in [0.25, 0.3) is 11.3 Å². The molecule has 0 spiro atoms. The van der Waals surface area contributed by atoms with Crippen molar-refractivity contribution < 1.29 is 14.0 Å². The summed E-state index contributed by atoms with van der Waals surface area (Å²) in [5, 5.41) is 4.50. The largest absolute Gasteiger partial charge is 0.335 e. The summed E-state index contributed by atoms with van der Waals surface area (Å²) in [5.74, 6) is -0.665. The van der Waals surface area contributed by atoms with Gasteiger partial charge in [-0.3, -0.25) is 14.4 Å². The highest BCUT2D eigenvalue weighted by atomic mass is 19.1. The summed E-state index contributed by atoms with van der Waals surface area (Å²) in [5.41, 5.74) is 3.11. The fourth-order valence-electron chi connectivity index (χ4n) is 3.93. The number of aldehydes is 1. The van der Waals surface area contributed by atoms with Gasteiger partial charge in [0.15, 0.2) is 0 Å². The lowest BCUT2D eigenvalue weighted by atomic mass is 9.99. The second-order valence-corrected chi connectivity index (χ2v) is 7.79. The molecule has 1 aromatic heterocycles. The fraction of sp³-hybridized carbons (Fsp3) is 0.292. The van der Waals surface area contributed by atoms with E-state index in [1.165, 1.54) is 12.1 Å². The molecule has 31 heavy (non-hydrogen) atoms. The summed E-state index contributed by atoms with van der Waals surface area (Å²) in [4.78, 5) is 28.6. The van der Waals surface area contributed by atoms with E-state index in [4.69, 9.17) is 0 Å². The third kappa shape index (κ3) is 4.72. The number of rotatable bonds is 6. The third-order valence-corrected chi connectivity index (χ3v) is 5.75. The smallest absolute Gasteiger partial charge is 0.272 e. The number of amides is 1. The fourth-order valence-corrected chi connectivity index (χ4v) is 3.93. The molecule has 0 radical (unpaired) electrons. The first-order chi connectivity index (χ1) is 15.0. The van der Waals surface area contributed by atoms with Gasteiger partial charge >= 0.3 is 0 Å². The minimum absolute atomic E-state index is 0.0395. The number of benzene rings is 2. The van der Waals surface area contributed by atoms with Crippen molar-refractivity contribution in [3.63, 3.8) is 0 Å². The van der Waals surface area contributed by atoms with E-state index in [1.807, 2.05) is 41.3 Å². The predicted molar refractivity (Wildman–Crippen MR) is 116 cm³/mol. The summed E-state index contributed by atoms with van der Waals surface area (Å²) in [6, 6.07) is 17.7. The van der Waals surface area contributed by atoms with Crippen LogP contribution in [0.2, 0.25) is 0 Å². The van der Waals surface area contributed by atoms with E-state index in [1.54, 1.807) is 23.9 Å². The summed E-state index contributed by atoms with van der Waals surface area (Å²) in [7, 11) is 1.79. The Morgan fingerprint density at radius 3 is 2.39 bits per heavy atom. The highest BCUT2D eigenvalue weighted by Gasteiger charge is 2.26. The Morgan fingerprint density at radius 2 is 1.74 bits per heavy atom. The van der Waals surface area contributed by atoms with E-state index >= 15 is 0 Å². The predicted octanol–water partition coefficient (Wildman–Crippen LogP) is 2.97. The van der Waals surface area contributed by atoms with Gasteiger partial charge in [-0.25, -0.2) is 4.39 Å². The van der Waals surface area contributed by atoms with Crippen LogP contribution in [0.1, 0.15) is 22.0 Å². The molecule has 1 atom stereocenters. The molecular weight excluding hydrogens is 395 g/mol. The Hall–Kier alpha value is -3.32. The lowest BCUT2D eigenvalue weighted by molar-refractivity contribution is -0.109. The number of hydrogen-bond donors (Lipinski definition) is 0. The number of halogens is 1. The molecule has 1 saturated heterocycles. The number of carbonyl (C=O) groups is 2. The second kappa shape index (κ2) is 9.22. The zero-order chi connectivity index (χ0) is 21.8. The zero-order valence-electron chi connectivity index (χ0n) is 17.4. The van der Waals surface area contributed by atoms with Gasteiger partial charge in [0.1, 0.15) is 17.8 Å². The normalized spacial score (nSPS) is 15.6.